The van der Waals surface area contributed by atoms with Gasteiger partial charge in [-0.2, -0.15) is 10.2 Å². The van der Waals surface area contributed by atoms with E-state index in [1.807, 2.05) is 0 Å². The van der Waals surface area contributed by atoms with Gasteiger partial charge in [0.25, 0.3) is 5.91 Å². The summed E-state index contributed by atoms with van der Waals surface area (Å²) >= 11 is 18.1. The van der Waals surface area contributed by atoms with Crippen LogP contribution in [-0.2, 0) is 13.3 Å². The number of carbonyl (C=O) groups excluding carboxylic acids is 1. The second-order valence-electron chi connectivity index (χ2n) is 6.66. The maximum atomic E-state index is 13.8. The van der Waals surface area contributed by atoms with Crippen molar-refractivity contribution >= 4 is 46.5 Å². The summed E-state index contributed by atoms with van der Waals surface area (Å²) in [4.78, 5) is 12.5. The Morgan fingerprint density at radius 1 is 1.03 bits per heavy atom. The van der Waals surface area contributed by atoms with Crippen molar-refractivity contribution in [2.75, 3.05) is 5.32 Å². The molecule has 0 aliphatic carbocycles. The Hall–Kier alpha value is -3.07. The summed E-state index contributed by atoms with van der Waals surface area (Å²) in [7, 11) is 0. The van der Waals surface area contributed by atoms with Crippen molar-refractivity contribution in [3.05, 3.63) is 93.1 Å². The van der Waals surface area contributed by atoms with Gasteiger partial charge in [0, 0.05) is 23.0 Å². The second-order valence-corrected chi connectivity index (χ2v) is 7.91. The van der Waals surface area contributed by atoms with Gasteiger partial charge in [0.1, 0.15) is 16.6 Å². The fraction of sp³-hybridized carbons (Fsp3) is 0.0952. The van der Waals surface area contributed by atoms with E-state index in [9.17, 15) is 9.18 Å². The molecule has 11 heteroatoms. The molecule has 0 aliphatic heterocycles. The van der Waals surface area contributed by atoms with Crippen molar-refractivity contribution in [2.45, 2.75) is 13.3 Å². The molecule has 0 spiro atoms. The number of nitrogens with one attached hydrogen (secondary N) is 1. The van der Waals surface area contributed by atoms with E-state index in [0.717, 1.165) is 0 Å². The van der Waals surface area contributed by atoms with Gasteiger partial charge >= 0.3 is 0 Å². The molecule has 0 unspecified atom stereocenters. The molecule has 4 rings (SSSR count). The number of amides is 1. The number of halogens is 4. The molecule has 164 valence electrons. The van der Waals surface area contributed by atoms with Gasteiger partial charge in [0.15, 0.2) is 18.2 Å². The van der Waals surface area contributed by atoms with E-state index in [1.54, 1.807) is 42.6 Å². The van der Waals surface area contributed by atoms with Gasteiger partial charge in [-0.15, -0.1) is 0 Å². The average molecular weight is 495 g/mol. The first-order valence-electron chi connectivity index (χ1n) is 9.28. The Balaban J connectivity index is 1.39. The fourth-order valence-electron chi connectivity index (χ4n) is 2.82. The highest BCUT2D eigenvalue weighted by molar-refractivity contribution is 6.35. The van der Waals surface area contributed by atoms with Gasteiger partial charge in [-0.1, -0.05) is 53.0 Å². The maximum Gasteiger partial charge on any atom is 0.277 e. The predicted octanol–water partition coefficient (Wildman–Crippen LogP) is 5.52. The zero-order chi connectivity index (χ0) is 22.7. The minimum Gasteiger partial charge on any atom is -0.470 e. The van der Waals surface area contributed by atoms with Crippen LogP contribution in [0.4, 0.5) is 10.2 Å². The molecule has 7 nitrogen and oxygen atoms in total. The molecular weight excluding hydrogens is 480 g/mol. The van der Waals surface area contributed by atoms with Crippen molar-refractivity contribution in [2.24, 2.45) is 0 Å². The van der Waals surface area contributed by atoms with Crippen LogP contribution in [0.25, 0.3) is 0 Å². The van der Waals surface area contributed by atoms with E-state index in [4.69, 9.17) is 39.5 Å². The van der Waals surface area contributed by atoms with Crippen molar-refractivity contribution in [3.63, 3.8) is 0 Å². The largest absolute Gasteiger partial charge is 0.470 e. The van der Waals surface area contributed by atoms with Crippen LogP contribution < -0.4 is 10.1 Å². The Bertz CT molecular complexity index is 1270. The van der Waals surface area contributed by atoms with E-state index in [2.05, 4.69) is 15.5 Å². The molecule has 0 saturated carbocycles. The minimum absolute atomic E-state index is 0.0344. The number of hydrogen-bond acceptors (Lipinski definition) is 4. The average Bonchev–Trinajstić information content (AvgIpc) is 3.36. The number of aromatic nitrogens is 4. The molecule has 0 fully saturated rings. The van der Waals surface area contributed by atoms with E-state index < -0.39 is 5.91 Å². The Morgan fingerprint density at radius 2 is 1.84 bits per heavy atom. The molecule has 2 aromatic carbocycles. The summed E-state index contributed by atoms with van der Waals surface area (Å²) < 4.78 is 22.3. The standard InChI is InChI=1S/C21H15Cl3FN5O2/c22-14-5-6-19(15(23)9-14)32-12-29-8-7-18(27-29)21(31)26-20-16(24)11-30(28-20)10-13-3-1-2-4-17(13)25/h1-9,11H,10,12H2,(H,26,28,31). The highest BCUT2D eigenvalue weighted by atomic mass is 35.5. The summed E-state index contributed by atoms with van der Waals surface area (Å²) in [5.74, 6) is -0.278. The van der Waals surface area contributed by atoms with Crippen LogP contribution in [0.2, 0.25) is 15.1 Å². The molecule has 0 saturated heterocycles. The second kappa shape index (κ2) is 9.60. The topological polar surface area (TPSA) is 74.0 Å². The summed E-state index contributed by atoms with van der Waals surface area (Å²) in [6.07, 6.45) is 3.09. The van der Waals surface area contributed by atoms with Crippen molar-refractivity contribution in [1.82, 2.24) is 19.6 Å². The lowest BCUT2D eigenvalue weighted by Gasteiger charge is -2.08. The summed E-state index contributed by atoms with van der Waals surface area (Å²) in [6.45, 7) is 0.203. The van der Waals surface area contributed by atoms with Crippen LogP contribution in [0.1, 0.15) is 16.1 Å². The maximum absolute atomic E-state index is 13.8. The molecule has 0 aliphatic rings. The minimum atomic E-state index is -0.508. The first kappa shape index (κ1) is 22.1. The number of carbonyl (C=O) groups is 1. The Kier molecular flexibility index (Phi) is 6.64. The van der Waals surface area contributed by atoms with Crippen LogP contribution in [0.3, 0.4) is 0 Å². The molecule has 4 aromatic rings. The molecule has 0 radical (unpaired) electrons. The molecule has 2 heterocycles. The summed E-state index contributed by atoms with van der Waals surface area (Å²) in [6, 6.07) is 12.7. The van der Waals surface area contributed by atoms with Crippen LogP contribution in [0.5, 0.6) is 5.75 Å². The van der Waals surface area contributed by atoms with E-state index >= 15 is 0 Å². The quantitative estimate of drug-likeness (QED) is 0.367. The fourth-order valence-corrected chi connectivity index (χ4v) is 3.48. The van der Waals surface area contributed by atoms with Crippen molar-refractivity contribution in [3.8, 4) is 5.75 Å². The molecular formula is C21H15Cl3FN5O2. The highest BCUT2D eigenvalue weighted by Crippen LogP contribution is 2.27. The van der Waals surface area contributed by atoms with E-state index in [-0.39, 0.29) is 35.6 Å². The SMILES string of the molecule is O=C(Nc1nn(Cc2ccccc2F)cc1Cl)c1ccn(COc2ccc(Cl)cc2Cl)n1. The monoisotopic (exact) mass is 493 g/mol. The van der Waals surface area contributed by atoms with Gasteiger partial charge < -0.3 is 10.1 Å². The summed E-state index contributed by atoms with van der Waals surface area (Å²) in [5, 5.41) is 12.1. The molecule has 0 atom stereocenters. The molecule has 1 amide bonds. The van der Waals surface area contributed by atoms with Crippen LogP contribution in [-0.4, -0.2) is 25.5 Å². The van der Waals surface area contributed by atoms with Gasteiger partial charge in [0.2, 0.25) is 0 Å². The normalized spacial score (nSPS) is 10.9. The molecule has 1 N–H and O–H groups in total. The van der Waals surface area contributed by atoms with Gasteiger partial charge in [-0.05, 0) is 30.3 Å². The van der Waals surface area contributed by atoms with E-state index in [0.29, 0.717) is 21.4 Å². The van der Waals surface area contributed by atoms with Crippen molar-refractivity contribution in [1.29, 1.82) is 0 Å². The third kappa shape index (κ3) is 5.21. The predicted molar refractivity (Wildman–Crippen MR) is 120 cm³/mol. The van der Waals surface area contributed by atoms with Gasteiger partial charge in [-0.3, -0.25) is 9.48 Å². The van der Waals surface area contributed by atoms with Crippen molar-refractivity contribution < 1.29 is 13.9 Å². The van der Waals surface area contributed by atoms with Crippen LogP contribution in [0, 0.1) is 5.82 Å². The Morgan fingerprint density at radius 3 is 2.62 bits per heavy atom. The lowest BCUT2D eigenvalue weighted by Crippen LogP contribution is -2.15. The van der Waals surface area contributed by atoms with Crippen LogP contribution in [0.15, 0.2) is 60.9 Å². The molecule has 0 bridgehead atoms. The number of anilines is 1. The molecule has 32 heavy (non-hydrogen) atoms. The Labute approximate surface area is 197 Å². The third-order valence-electron chi connectivity index (χ3n) is 4.36. The lowest BCUT2D eigenvalue weighted by atomic mass is 10.2. The lowest BCUT2D eigenvalue weighted by molar-refractivity contribution is 0.101. The first-order chi connectivity index (χ1) is 15.4. The molecule has 2 aromatic heterocycles. The smallest absolute Gasteiger partial charge is 0.277 e. The number of hydrogen-bond donors (Lipinski definition) is 1. The summed E-state index contributed by atoms with van der Waals surface area (Å²) in [5.41, 5.74) is 0.583. The number of rotatable bonds is 7. The third-order valence-corrected chi connectivity index (χ3v) is 5.17. The van der Waals surface area contributed by atoms with E-state index in [1.165, 1.54) is 27.7 Å². The zero-order valence-electron chi connectivity index (χ0n) is 16.3. The van der Waals surface area contributed by atoms with Gasteiger partial charge in [-0.25, -0.2) is 9.07 Å². The number of benzene rings is 2. The number of ether oxygens (including phenoxy) is 1. The van der Waals surface area contributed by atoms with Crippen LogP contribution >= 0.6 is 34.8 Å². The number of nitrogens with zero attached hydrogens (tertiary/aromatic N) is 4. The van der Waals surface area contributed by atoms with Gasteiger partial charge in [0.05, 0.1) is 11.6 Å². The first-order valence-corrected chi connectivity index (χ1v) is 10.4. The zero-order valence-corrected chi connectivity index (χ0v) is 18.6. The highest BCUT2D eigenvalue weighted by Gasteiger charge is 2.15.